The molecule has 0 heterocycles. The third-order valence-corrected chi connectivity index (χ3v) is 4.38. The molecular formula is C15H20N2O4. The van der Waals surface area contributed by atoms with E-state index >= 15 is 0 Å². The summed E-state index contributed by atoms with van der Waals surface area (Å²) in [5.74, 6) is -0.746. The first-order valence-electron chi connectivity index (χ1n) is 7.16. The SMILES string of the molecule is CC1CCCCC1N(C)c1ccc(C(=O)O)c([N+](=O)[O-])c1. The third kappa shape index (κ3) is 3.15. The van der Waals surface area contributed by atoms with Gasteiger partial charge in [0.2, 0.25) is 0 Å². The first kappa shape index (κ1) is 15.3. The summed E-state index contributed by atoms with van der Waals surface area (Å²) >= 11 is 0. The van der Waals surface area contributed by atoms with Crippen molar-refractivity contribution in [1.29, 1.82) is 0 Å². The summed E-state index contributed by atoms with van der Waals surface area (Å²) in [4.78, 5) is 23.5. The monoisotopic (exact) mass is 292 g/mol. The molecule has 0 radical (unpaired) electrons. The summed E-state index contributed by atoms with van der Waals surface area (Å²) in [6, 6.07) is 4.68. The van der Waals surface area contributed by atoms with Crippen molar-refractivity contribution < 1.29 is 14.8 Å². The number of carboxylic acid groups (broad SMARTS) is 1. The van der Waals surface area contributed by atoms with Gasteiger partial charge < -0.3 is 10.0 Å². The summed E-state index contributed by atoms with van der Waals surface area (Å²) in [5.41, 5.74) is 0.0783. The Morgan fingerprint density at radius 1 is 1.38 bits per heavy atom. The number of nitrogens with zero attached hydrogens (tertiary/aromatic N) is 2. The number of aromatic carboxylic acids is 1. The maximum atomic E-state index is 11.1. The highest BCUT2D eigenvalue weighted by molar-refractivity contribution is 5.93. The minimum Gasteiger partial charge on any atom is -0.477 e. The molecule has 0 spiro atoms. The smallest absolute Gasteiger partial charge is 0.342 e. The summed E-state index contributed by atoms with van der Waals surface area (Å²) < 4.78 is 0. The van der Waals surface area contributed by atoms with E-state index in [4.69, 9.17) is 5.11 Å². The maximum Gasteiger partial charge on any atom is 0.342 e. The Kier molecular flexibility index (Phi) is 4.45. The van der Waals surface area contributed by atoms with Crippen LogP contribution < -0.4 is 4.90 Å². The summed E-state index contributed by atoms with van der Waals surface area (Å²) in [6.45, 7) is 2.19. The zero-order valence-corrected chi connectivity index (χ0v) is 12.3. The van der Waals surface area contributed by atoms with Crippen molar-refractivity contribution in [2.24, 2.45) is 5.92 Å². The van der Waals surface area contributed by atoms with Crippen LogP contribution in [0.2, 0.25) is 0 Å². The molecule has 6 heteroatoms. The molecular weight excluding hydrogens is 272 g/mol. The summed E-state index contributed by atoms with van der Waals surface area (Å²) in [7, 11) is 1.92. The van der Waals surface area contributed by atoms with E-state index in [1.54, 1.807) is 6.07 Å². The number of nitro groups is 1. The molecule has 2 atom stereocenters. The number of carbonyl (C=O) groups is 1. The molecule has 0 bridgehead atoms. The van der Waals surface area contributed by atoms with Gasteiger partial charge in [-0.05, 0) is 30.9 Å². The molecule has 2 rings (SSSR count). The highest BCUT2D eigenvalue weighted by atomic mass is 16.6. The molecule has 1 aromatic carbocycles. The molecule has 21 heavy (non-hydrogen) atoms. The second kappa shape index (κ2) is 6.11. The first-order chi connectivity index (χ1) is 9.91. The maximum absolute atomic E-state index is 11.1. The number of anilines is 1. The van der Waals surface area contributed by atoms with Crippen LogP contribution in [0.15, 0.2) is 18.2 Å². The molecule has 1 aliphatic rings. The predicted octanol–water partition coefficient (Wildman–Crippen LogP) is 3.31. The van der Waals surface area contributed by atoms with E-state index in [1.807, 2.05) is 11.9 Å². The quantitative estimate of drug-likeness (QED) is 0.680. The lowest BCUT2D eigenvalue weighted by Gasteiger charge is -2.37. The molecule has 1 aromatic rings. The summed E-state index contributed by atoms with van der Waals surface area (Å²) in [5, 5.41) is 20.1. The van der Waals surface area contributed by atoms with Gasteiger partial charge in [-0.15, -0.1) is 0 Å². The molecule has 6 nitrogen and oxygen atoms in total. The molecule has 0 aliphatic heterocycles. The number of carboxylic acids is 1. The van der Waals surface area contributed by atoms with Gasteiger partial charge in [-0.3, -0.25) is 10.1 Å². The fourth-order valence-electron chi connectivity index (χ4n) is 3.13. The van der Waals surface area contributed by atoms with Gasteiger partial charge in [-0.25, -0.2) is 4.79 Å². The molecule has 1 aliphatic carbocycles. The number of rotatable bonds is 4. The van der Waals surface area contributed by atoms with Gasteiger partial charge in [0.15, 0.2) is 0 Å². The van der Waals surface area contributed by atoms with E-state index in [1.165, 1.54) is 18.6 Å². The van der Waals surface area contributed by atoms with Gasteiger partial charge in [-0.1, -0.05) is 19.8 Å². The van der Waals surface area contributed by atoms with Gasteiger partial charge in [0.25, 0.3) is 5.69 Å². The normalized spacial score (nSPS) is 21.8. The zero-order valence-electron chi connectivity index (χ0n) is 12.3. The van der Waals surface area contributed by atoms with Crippen LogP contribution in [0.5, 0.6) is 0 Å². The van der Waals surface area contributed by atoms with Crippen molar-refractivity contribution in [2.45, 2.75) is 38.6 Å². The Labute approximate surface area is 123 Å². The Balaban J connectivity index is 2.33. The average Bonchev–Trinajstić information content (AvgIpc) is 2.46. The van der Waals surface area contributed by atoms with Crippen LogP contribution in [0.1, 0.15) is 43.0 Å². The number of benzene rings is 1. The standard InChI is InChI=1S/C15H20N2O4/c1-10-5-3-4-6-13(10)16(2)11-7-8-12(15(18)19)14(9-11)17(20)21/h7-10,13H,3-6H2,1-2H3,(H,18,19). The van der Waals surface area contributed by atoms with Crippen LogP contribution in [0.3, 0.4) is 0 Å². The fourth-order valence-corrected chi connectivity index (χ4v) is 3.13. The van der Waals surface area contributed by atoms with Crippen LogP contribution in [-0.4, -0.2) is 29.1 Å². The molecule has 2 unspecified atom stereocenters. The summed E-state index contributed by atoms with van der Waals surface area (Å²) in [6.07, 6.45) is 4.61. The Morgan fingerprint density at radius 3 is 2.62 bits per heavy atom. The molecule has 0 amide bonds. The molecule has 1 saturated carbocycles. The molecule has 1 N–H and O–H groups in total. The van der Waals surface area contributed by atoms with E-state index in [0.717, 1.165) is 19.3 Å². The highest BCUT2D eigenvalue weighted by Gasteiger charge is 2.27. The largest absolute Gasteiger partial charge is 0.477 e. The van der Waals surface area contributed by atoms with Crippen molar-refractivity contribution >= 4 is 17.3 Å². The van der Waals surface area contributed by atoms with E-state index in [9.17, 15) is 14.9 Å². The molecule has 0 saturated heterocycles. The second-order valence-electron chi connectivity index (χ2n) is 5.70. The van der Waals surface area contributed by atoms with Crippen LogP contribution in [-0.2, 0) is 0 Å². The van der Waals surface area contributed by atoms with Crippen molar-refractivity contribution in [1.82, 2.24) is 0 Å². The van der Waals surface area contributed by atoms with Crippen LogP contribution in [0, 0.1) is 16.0 Å². The van der Waals surface area contributed by atoms with Gasteiger partial charge in [0, 0.05) is 24.8 Å². The Bertz CT molecular complexity index is 559. The fraction of sp³-hybridized carbons (Fsp3) is 0.533. The minimum atomic E-state index is -1.28. The number of hydrogen-bond donors (Lipinski definition) is 1. The van der Waals surface area contributed by atoms with Crippen molar-refractivity contribution in [3.05, 3.63) is 33.9 Å². The van der Waals surface area contributed by atoms with E-state index in [2.05, 4.69) is 6.92 Å². The lowest BCUT2D eigenvalue weighted by Crippen LogP contribution is -2.39. The zero-order chi connectivity index (χ0) is 15.6. The van der Waals surface area contributed by atoms with Crippen LogP contribution >= 0.6 is 0 Å². The van der Waals surface area contributed by atoms with E-state index < -0.39 is 10.9 Å². The van der Waals surface area contributed by atoms with Crippen molar-refractivity contribution in [2.75, 3.05) is 11.9 Å². The lowest BCUT2D eigenvalue weighted by molar-refractivity contribution is -0.385. The van der Waals surface area contributed by atoms with Gasteiger partial charge in [0.1, 0.15) is 5.56 Å². The molecule has 0 aromatic heterocycles. The Hall–Kier alpha value is -2.11. The number of hydrogen-bond acceptors (Lipinski definition) is 4. The topological polar surface area (TPSA) is 83.7 Å². The van der Waals surface area contributed by atoms with Gasteiger partial charge in [0.05, 0.1) is 4.92 Å². The minimum absolute atomic E-state index is 0.270. The van der Waals surface area contributed by atoms with E-state index in [-0.39, 0.29) is 11.3 Å². The Morgan fingerprint density at radius 2 is 2.05 bits per heavy atom. The number of nitro benzene ring substituents is 1. The average molecular weight is 292 g/mol. The van der Waals surface area contributed by atoms with Crippen LogP contribution in [0.4, 0.5) is 11.4 Å². The van der Waals surface area contributed by atoms with Gasteiger partial charge >= 0.3 is 5.97 Å². The van der Waals surface area contributed by atoms with Crippen LogP contribution in [0.25, 0.3) is 0 Å². The molecule has 1 fully saturated rings. The first-order valence-corrected chi connectivity index (χ1v) is 7.16. The lowest BCUT2D eigenvalue weighted by atomic mass is 9.85. The van der Waals surface area contributed by atoms with Crippen molar-refractivity contribution in [3.8, 4) is 0 Å². The van der Waals surface area contributed by atoms with Gasteiger partial charge in [-0.2, -0.15) is 0 Å². The van der Waals surface area contributed by atoms with E-state index in [0.29, 0.717) is 17.6 Å². The second-order valence-corrected chi connectivity index (χ2v) is 5.70. The van der Waals surface area contributed by atoms with Crippen molar-refractivity contribution in [3.63, 3.8) is 0 Å². The highest BCUT2D eigenvalue weighted by Crippen LogP contribution is 2.32. The molecule has 114 valence electrons. The predicted molar refractivity (Wildman–Crippen MR) is 79.9 cm³/mol. The third-order valence-electron chi connectivity index (χ3n) is 4.38.